The van der Waals surface area contributed by atoms with E-state index in [1.165, 1.54) is 12.1 Å². The first-order valence-corrected chi connectivity index (χ1v) is 6.55. The van der Waals surface area contributed by atoms with Crippen LogP contribution in [0.1, 0.15) is 6.42 Å². The Bertz CT molecular complexity index is 441. The number of non-ortho nitro benzene ring substituents is 1. The van der Waals surface area contributed by atoms with E-state index < -0.39 is 4.92 Å². The van der Waals surface area contributed by atoms with Gasteiger partial charge in [-0.25, -0.2) is 5.06 Å². The third-order valence-corrected chi connectivity index (χ3v) is 3.30. The molecule has 6 nitrogen and oxygen atoms in total. The molecule has 0 fully saturated rings. The molecule has 7 heteroatoms. The molecule has 1 heterocycles. The average molecular weight is 255 g/mol. The second-order valence-corrected chi connectivity index (χ2v) is 4.73. The van der Waals surface area contributed by atoms with Gasteiger partial charge in [0.1, 0.15) is 6.17 Å². The molecule has 0 aromatic heterocycles. The Morgan fingerprint density at radius 3 is 3.06 bits per heavy atom. The van der Waals surface area contributed by atoms with Crippen molar-refractivity contribution in [3.8, 4) is 0 Å². The number of nitro groups is 1. The standard InChI is InChI=1S/C10H13N3O3S/c1-17-5-4-10-11-8-3-2-7(13(15)16)6-9(8)12(10)14/h2-3,6,10-11,14H,4-5H2,1H3. The summed E-state index contributed by atoms with van der Waals surface area (Å²) in [4.78, 5) is 10.2. The van der Waals surface area contributed by atoms with Gasteiger partial charge in [0.05, 0.1) is 16.3 Å². The molecule has 17 heavy (non-hydrogen) atoms. The molecule has 0 saturated heterocycles. The molecule has 1 aromatic carbocycles. The van der Waals surface area contributed by atoms with Crippen LogP contribution in [-0.2, 0) is 0 Å². The highest BCUT2D eigenvalue weighted by molar-refractivity contribution is 7.98. The van der Waals surface area contributed by atoms with Crippen LogP contribution in [-0.4, -0.2) is 28.3 Å². The van der Waals surface area contributed by atoms with Gasteiger partial charge in [0.15, 0.2) is 0 Å². The number of nitrogens with zero attached hydrogens (tertiary/aromatic N) is 2. The monoisotopic (exact) mass is 255 g/mol. The van der Waals surface area contributed by atoms with Crippen molar-refractivity contribution in [1.82, 2.24) is 0 Å². The first-order valence-electron chi connectivity index (χ1n) is 5.15. The predicted octanol–water partition coefficient (Wildman–Crippen LogP) is 2.30. The van der Waals surface area contributed by atoms with Crippen LogP contribution in [0.2, 0.25) is 0 Å². The molecule has 1 aliphatic rings. The third kappa shape index (κ3) is 2.29. The minimum atomic E-state index is -0.469. The second kappa shape index (κ2) is 4.80. The van der Waals surface area contributed by atoms with E-state index >= 15 is 0 Å². The van der Waals surface area contributed by atoms with Gasteiger partial charge >= 0.3 is 0 Å². The molecule has 0 saturated carbocycles. The van der Waals surface area contributed by atoms with Gasteiger partial charge in [0, 0.05) is 12.1 Å². The summed E-state index contributed by atoms with van der Waals surface area (Å²) in [6.45, 7) is 0. The lowest BCUT2D eigenvalue weighted by molar-refractivity contribution is -0.384. The van der Waals surface area contributed by atoms with Gasteiger partial charge in [-0.05, 0) is 24.5 Å². The number of nitrogens with one attached hydrogen (secondary N) is 1. The molecular weight excluding hydrogens is 242 g/mol. The number of hydroxylamine groups is 1. The van der Waals surface area contributed by atoms with Crippen LogP contribution in [0.5, 0.6) is 0 Å². The zero-order valence-electron chi connectivity index (χ0n) is 9.29. The van der Waals surface area contributed by atoms with E-state index in [2.05, 4.69) is 5.32 Å². The highest BCUT2D eigenvalue weighted by atomic mass is 32.2. The summed E-state index contributed by atoms with van der Waals surface area (Å²) in [6, 6.07) is 4.42. The van der Waals surface area contributed by atoms with Crippen LogP contribution >= 0.6 is 11.8 Å². The van der Waals surface area contributed by atoms with Crippen LogP contribution < -0.4 is 10.4 Å². The van der Waals surface area contributed by atoms with Crippen LogP contribution in [0.3, 0.4) is 0 Å². The molecule has 2 N–H and O–H groups in total. The highest BCUT2D eigenvalue weighted by Crippen LogP contribution is 2.36. The number of anilines is 2. The van der Waals surface area contributed by atoms with Crippen molar-refractivity contribution in [2.45, 2.75) is 12.6 Å². The van der Waals surface area contributed by atoms with Crippen molar-refractivity contribution in [2.24, 2.45) is 0 Å². The lowest BCUT2D eigenvalue weighted by Gasteiger charge is -2.18. The lowest BCUT2D eigenvalue weighted by atomic mass is 10.2. The van der Waals surface area contributed by atoms with Crippen LogP contribution in [0.15, 0.2) is 18.2 Å². The summed E-state index contributed by atoms with van der Waals surface area (Å²) in [6.07, 6.45) is 2.55. The van der Waals surface area contributed by atoms with E-state index in [9.17, 15) is 15.3 Å². The van der Waals surface area contributed by atoms with Crippen molar-refractivity contribution in [1.29, 1.82) is 0 Å². The fourth-order valence-electron chi connectivity index (χ4n) is 1.78. The Labute approximate surface area is 103 Å². The SMILES string of the molecule is CSCCC1Nc2ccc([N+](=O)[O-])cc2N1O. The third-order valence-electron chi connectivity index (χ3n) is 2.65. The summed E-state index contributed by atoms with van der Waals surface area (Å²) < 4.78 is 0. The summed E-state index contributed by atoms with van der Waals surface area (Å²) in [5.41, 5.74) is 1.17. The molecule has 0 radical (unpaired) electrons. The molecule has 0 aliphatic carbocycles. The Morgan fingerprint density at radius 1 is 1.65 bits per heavy atom. The van der Waals surface area contributed by atoms with Gasteiger partial charge < -0.3 is 5.32 Å². The quantitative estimate of drug-likeness (QED) is 0.635. The summed E-state index contributed by atoms with van der Waals surface area (Å²) in [5.74, 6) is 0.908. The van der Waals surface area contributed by atoms with E-state index in [1.54, 1.807) is 17.8 Å². The maximum absolute atomic E-state index is 10.6. The molecule has 2 rings (SSSR count). The second-order valence-electron chi connectivity index (χ2n) is 3.74. The molecule has 0 spiro atoms. The number of benzene rings is 1. The van der Waals surface area contributed by atoms with E-state index in [-0.39, 0.29) is 11.9 Å². The maximum Gasteiger partial charge on any atom is 0.271 e. The summed E-state index contributed by atoms with van der Waals surface area (Å²) >= 11 is 1.69. The summed E-state index contributed by atoms with van der Waals surface area (Å²) in [7, 11) is 0. The number of thioether (sulfide) groups is 1. The van der Waals surface area contributed by atoms with Crippen LogP contribution in [0.25, 0.3) is 0 Å². The molecule has 92 valence electrons. The first-order chi connectivity index (χ1) is 8.13. The van der Waals surface area contributed by atoms with E-state index in [4.69, 9.17) is 0 Å². The number of hydrogen-bond donors (Lipinski definition) is 2. The van der Waals surface area contributed by atoms with Gasteiger partial charge in [-0.15, -0.1) is 0 Å². The van der Waals surface area contributed by atoms with Gasteiger partial charge in [-0.1, -0.05) is 0 Å². The molecule has 0 bridgehead atoms. The van der Waals surface area contributed by atoms with Crippen molar-refractivity contribution in [3.63, 3.8) is 0 Å². The predicted molar refractivity (Wildman–Crippen MR) is 67.8 cm³/mol. The molecular formula is C10H13N3O3S. The number of rotatable bonds is 4. The Hall–Kier alpha value is -1.47. The number of hydrogen-bond acceptors (Lipinski definition) is 6. The van der Waals surface area contributed by atoms with Gasteiger partial charge in [0.2, 0.25) is 0 Å². The van der Waals surface area contributed by atoms with Crippen molar-refractivity contribution < 1.29 is 10.1 Å². The molecule has 1 aliphatic heterocycles. The Kier molecular flexibility index (Phi) is 3.39. The minimum Gasteiger partial charge on any atom is -0.362 e. The number of nitro benzene ring substituents is 1. The number of fused-ring (bicyclic) bond motifs is 1. The van der Waals surface area contributed by atoms with E-state index in [0.717, 1.165) is 22.9 Å². The average Bonchev–Trinajstić information content (AvgIpc) is 2.63. The fraction of sp³-hybridized carbons (Fsp3) is 0.400. The summed E-state index contributed by atoms with van der Waals surface area (Å²) in [5, 5.41) is 24.7. The zero-order valence-corrected chi connectivity index (χ0v) is 10.1. The van der Waals surface area contributed by atoms with E-state index in [0.29, 0.717) is 5.69 Å². The lowest BCUT2D eigenvalue weighted by Crippen LogP contribution is -2.33. The van der Waals surface area contributed by atoms with Crippen molar-refractivity contribution in [3.05, 3.63) is 28.3 Å². The van der Waals surface area contributed by atoms with Crippen LogP contribution in [0, 0.1) is 10.1 Å². The van der Waals surface area contributed by atoms with Crippen LogP contribution in [0.4, 0.5) is 17.1 Å². The molecule has 1 atom stereocenters. The Balaban J connectivity index is 2.20. The van der Waals surface area contributed by atoms with Gasteiger partial charge in [-0.2, -0.15) is 11.8 Å². The topological polar surface area (TPSA) is 78.6 Å². The Morgan fingerprint density at radius 2 is 2.41 bits per heavy atom. The zero-order chi connectivity index (χ0) is 12.4. The van der Waals surface area contributed by atoms with E-state index in [1.807, 2.05) is 6.26 Å². The largest absolute Gasteiger partial charge is 0.362 e. The van der Waals surface area contributed by atoms with Crippen molar-refractivity contribution in [2.75, 3.05) is 22.4 Å². The normalized spacial score (nSPS) is 17.8. The molecule has 0 amide bonds. The maximum atomic E-state index is 10.6. The van der Waals surface area contributed by atoms with Crippen molar-refractivity contribution >= 4 is 28.8 Å². The molecule has 1 unspecified atom stereocenters. The highest BCUT2D eigenvalue weighted by Gasteiger charge is 2.28. The van der Waals surface area contributed by atoms with Gasteiger partial charge in [-0.3, -0.25) is 15.3 Å². The first kappa shape index (κ1) is 12.0. The minimum absolute atomic E-state index is 0.0184. The molecule has 1 aromatic rings. The fourth-order valence-corrected chi connectivity index (χ4v) is 2.24. The van der Waals surface area contributed by atoms with Gasteiger partial charge in [0.25, 0.3) is 5.69 Å². The smallest absolute Gasteiger partial charge is 0.271 e.